The smallest absolute Gasteiger partial charge is 0.166 e. The Labute approximate surface area is 114 Å². The summed E-state index contributed by atoms with van der Waals surface area (Å²) < 4.78 is 5.14. The molecule has 104 valence electrons. The van der Waals surface area contributed by atoms with E-state index in [0.29, 0.717) is 23.4 Å². The molecule has 1 fully saturated rings. The summed E-state index contributed by atoms with van der Waals surface area (Å²) in [4.78, 5) is 14.6. The second kappa shape index (κ2) is 6.57. The van der Waals surface area contributed by atoms with E-state index < -0.39 is 0 Å². The van der Waals surface area contributed by atoms with Gasteiger partial charge in [-0.1, -0.05) is 6.42 Å². The van der Waals surface area contributed by atoms with Gasteiger partial charge < -0.3 is 15.4 Å². The molecule has 0 aromatic heterocycles. The van der Waals surface area contributed by atoms with Crippen molar-refractivity contribution in [3.8, 4) is 5.75 Å². The molecule has 19 heavy (non-hydrogen) atoms. The van der Waals surface area contributed by atoms with Crippen molar-refractivity contribution >= 4 is 11.5 Å². The quantitative estimate of drug-likeness (QED) is 0.653. The highest BCUT2D eigenvalue weighted by Gasteiger charge is 2.15. The number of carbonyl (C=O) groups is 1. The number of nitrogen functional groups attached to an aromatic ring is 1. The summed E-state index contributed by atoms with van der Waals surface area (Å²) in [5, 5.41) is 0. The highest BCUT2D eigenvalue weighted by molar-refractivity contribution is 6.01. The molecule has 0 radical (unpaired) electrons. The molecule has 2 N–H and O–H groups in total. The van der Waals surface area contributed by atoms with Gasteiger partial charge in [0.25, 0.3) is 0 Å². The minimum atomic E-state index is 0.0990. The maximum Gasteiger partial charge on any atom is 0.166 e. The van der Waals surface area contributed by atoms with Crippen LogP contribution in [0.25, 0.3) is 0 Å². The Balaban J connectivity index is 1.95. The lowest BCUT2D eigenvalue weighted by Crippen LogP contribution is -2.31. The van der Waals surface area contributed by atoms with Crippen LogP contribution in [-0.2, 0) is 0 Å². The molecule has 1 aliphatic rings. The Morgan fingerprint density at radius 2 is 2.05 bits per heavy atom. The zero-order chi connectivity index (χ0) is 13.7. The van der Waals surface area contributed by atoms with E-state index in [9.17, 15) is 4.79 Å². The van der Waals surface area contributed by atoms with Crippen LogP contribution < -0.4 is 10.5 Å². The van der Waals surface area contributed by atoms with Crippen LogP contribution in [0.3, 0.4) is 0 Å². The van der Waals surface area contributed by atoms with Crippen molar-refractivity contribution in [2.45, 2.75) is 25.7 Å². The van der Waals surface area contributed by atoms with Gasteiger partial charge in [-0.05, 0) is 44.1 Å². The second-order valence-corrected chi connectivity index (χ2v) is 5.03. The lowest BCUT2D eigenvalue weighted by atomic mass is 10.0. The summed E-state index contributed by atoms with van der Waals surface area (Å²) in [6.45, 7) is 3.05. The van der Waals surface area contributed by atoms with Gasteiger partial charge in [0, 0.05) is 24.2 Å². The Bertz CT molecular complexity index is 440. The maximum atomic E-state index is 12.2. The molecule has 0 aliphatic carbocycles. The average Bonchev–Trinajstić information content (AvgIpc) is 2.46. The number of piperidine rings is 1. The normalized spacial score (nSPS) is 16.3. The van der Waals surface area contributed by atoms with E-state index in [1.165, 1.54) is 19.3 Å². The van der Waals surface area contributed by atoms with Crippen LogP contribution in [0.15, 0.2) is 18.2 Å². The van der Waals surface area contributed by atoms with E-state index >= 15 is 0 Å². The van der Waals surface area contributed by atoms with E-state index in [1.807, 2.05) is 0 Å². The first-order valence-corrected chi connectivity index (χ1v) is 6.90. The molecule has 1 aromatic carbocycles. The van der Waals surface area contributed by atoms with Crippen LogP contribution in [0.2, 0.25) is 0 Å². The molecule has 4 heteroatoms. The monoisotopic (exact) mass is 262 g/mol. The Morgan fingerprint density at radius 1 is 1.32 bits per heavy atom. The van der Waals surface area contributed by atoms with Crippen molar-refractivity contribution in [1.29, 1.82) is 0 Å². The van der Waals surface area contributed by atoms with Crippen molar-refractivity contribution in [3.63, 3.8) is 0 Å². The fraction of sp³-hybridized carbons (Fsp3) is 0.533. The largest absolute Gasteiger partial charge is 0.497 e. The minimum absolute atomic E-state index is 0.0990. The summed E-state index contributed by atoms with van der Waals surface area (Å²) in [6.07, 6.45) is 4.33. The van der Waals surface area contributed by atoms with Crippen molar-refractivity contribution in [1.82, 2.24) is 4.90 Å². The maximum absolute atomic E-state index is 12.2. The highest BCUT2D eigenvalue weighted by Crippen LogP contribution is 2.21. The number of ketones is 1. The SMILES string of the molecule is COc1ccc(N)c(C(=O)CCN2CCCCC2)c1. The number of nitrogens with zero attached hydrogens (tertiary/aromatic N) is 1. The van der Waals surface area contributed by atoms with E-state index in [-0.39, 0.29) is 5.78 Å². The molecule has 0 bridgehead atoms. The predicted molar refractivity (Wildman–Crippen MR) is 76.6 cm³/mol. The fourth-order valence-corrected chi connectivity index (χ4v) is 2.48. The lowest BCUT2D eigenvalue weighted by molar-refractivity contribution is 0.0959. The number of ether oxygens (including phenoxy) is 1. The number of anilines is 1. The molecule has 0 spiro atoms. The molecule has 2 rings (SSSR count). The number of likely N-dealkylation sites (tertiary alicyclic amines) is 1. The number of rotatable bonds is 5. The van der Waals surface area contributed by atoms with Crippen molar-refractivity contribution in [3.05, 3.63) is 23.8 Å². The van der Waals surface area contributed by atoms with Gasteiger partial charge in [-0.25, -0.2) is 0 Å². The molecule has 0 saturated carbocycles. The number of methoxy groups -OCH3 is 1. The molecule has 1 aliphatic heterocycles. The van der Waals surface area contributed by atoms with Crippen LogP contribution in [-0.4, -0.2) is 37.4 Å². The number of Topliss-reactive ketones (excluding diaryl/α,β-unsaturated/α-hetero) is 1. The van der Waals surface area contributed by atoms with Crippen LogP contribution in [0.4, 0.5) is 5.69 Å². The zero-order valence-corrected chi connectivity index (χ0v) is 11.5. The van der Waals surface area contributed by atoms with E-state index in [1.54, 1.807) is 25.3 Å². The van der Waals surface area contributed by atoms with E-state index in [4.69, 9.17) is 10.5 Å². The van der Waals surface area contributed by atoms with Crippen LogP contribution >= 0.6 is 0 Å². The third-order valence-corrected chi connectivity index (χ3v) is 3.66. The minimum Gasteiger partial charge on any atom is -0.497 e. The van der Waals surface area contributed by atoms with Crippen LogP contribution in [0.5, 0.6) is 5.75 Å². The molecular weight excluding hydrogens is 240 g/mol. The van der Waals surface area contributed by atoms with Gasteiger partial charge in [0.1, 0.15) is 5.75 Å². The van der Waals surface area contributed by atoms with Crippen LogP contribution in [0.1, 0.15) is 36.0 Å². The van der Waals surface area contributed by atoms with Gasteiger partial charge in [-0.3, -0.25) is 4.79 Å². The molecule has 4 nitrogen and oxygen atoms in total. The Kier molecular flexibility index (Phi) is 4.80. The Morgan fingerprint density at radius 3 is 2.74 bits per heavy atom. The van der Waals surface area contributed by atoms with E-state index in [0.717, 1.165) is 19.6 Å². The standard InChI is InChI=1S/C15H22N2O2/c1-19-12-5-6-14(16)13(11-12)15(18)7-10-17-8-3-2-4-9-17/h5-6,11H,2-4,7-10,16H2,1H3. The summed E-state index contributed by atoms with van der Waals surface area (Å²) in [5.74, 6) is 0.775. The number of benzene rings is 1. The number of hydrogen-bond donors (Lipinski definition) is 1. The van der Waals surface area contributed by atoms with Gasteiger partial charge in [-0.2, -0.15) is 0 Å². The summed E-state index contributed by atoms with van der Waals surface area (Å²) in [5.41, 5.74) is 6.98. The van der Waals surface area contributed by atoms with Gasteiger partial charge in [0.05, 0.1) is 7.11 Å². The predicted octanol–water partition coefficient (Wildman–Crippen LogP) is 2.34. The van der Waals surface area contributed by atoms with Crippen molar-refractivity contribution in [2.24, 2.45) is 0 Å². The van der Waals surface area contributed by atoms with Gasteiger partial charge in [-0.15, -0.1) is 0 Å². The van der Waals surface area contributed by atoms with Gasteiger partial charge in [0.15, 0.2) is 5.78 Å². The molecule has 0 atom stereocenters. The average molecular weight is 262 g/mol. The first-order valence-electron chi connectivity index (χ1n) is 6.90. The fourth-order valence-electron chi connectivity index (χ4n) is 2.48. The molecule has 1 saturated heterocycles. The second-order valence-electron chi connectivity index (χ2n) is 5.03. The zero-order valence-electron chi connectivity index (χ0n) is 11.5. The first-order chi connectivity index (χ1) is 9.20. The third kappa shape index (κ3) is 3.70. The van der Waals surface area contributed by atoms with Crippen molar-refractivity contribution < 1.29 is 9.53 Å². The van der Waals surface area contributed by atoms with Gasteiger partial charge in [0.2, 0.25) is 0 Å². The molecular formula is C15H22N2O2. The topological polar surface area (TPSA) is 55.6 Å². The number of nitrogens with two attached hydrogens (primary N) is 1. The Hall–Kier alpha value is -1.55. The van der Waals surface area contributed by atoms with Gasteiger partial charge >= 0.3 is 0 Å². The number of hydrogen-bond acceptors (Lipinski definition) is 4. The summed E-state index contributed by atoms with van der Waals surface area (Å²) in [7, 11) is 1.59. The summed E-state index contributed by atoms with van der Waals surface area (Å²) >= 11 is 0. The third-order valence-electron chi connectivity index (χ3n) is 3.66. The number of carbonyl (C=O) groups excluding carboxylic acids is 1. The van der Waals surface area contributed by atoms with Crippen LogP contribution in [0, 0.1) is 0 Å². The molecule has 1 heterocycles. The van der Waals surface area contributed by atoms with E-state index in [2.05, 4.69) is 4.90 Å². The summed E-state index contributed by atoms with van der Waals surface area (Å²) in [6, 6.07) is 5.23. The van der Waals surface area contributed by atoms with Crippen molar-refractivity contribution in [2.75, 3.05) is 32.5 Å². The first kappa shape index (κ1) is 13.9. The molecule has 1 aromatic rings. The molecule has 0 unspecified atom stereocenters. The lowest BCUT2D eigenvalue weighted by Gasteiger charge is -2.26. The molecule has 0 amide bonds. The highest BCUT2D eigenvalue weighted by atomic mass is 16.5.